The molecule has 1 saturated carbocycles. The van der Waals surface area contributed by atoms with Crippen LogP contribution < -0.4 is 5.32 Å². The van der Waals surface area contributed by atoms with Gasteiger partial charge in [-0.2, -0.15) is 0 Å². The molecule has 0 saturated heterocycles. The summed E-state index contributed by atoms with van der Waals surface area (Å²) in [5, 5.41) is 3.48. The lowest BCUT2D eigenvalue weighted by Gasteiger charge is -2.30. The summed E-state index contributed by atoms with van der Waals surface area (Å²) < 4.78 is 13.9. The Morgan fingerprint density at radius 1 is 0.905 bits per heavy atom. The van der Waals surface area contributed by atoms with Gasteiger partial charge in [-0.15, -0.1) is 0 Å². The van der Waals surface area contributed by atoms with Crippen LogP contribution in [0, 0.1) is 5.82 Å². The van der Waals surface area contributed by atoms with Crippen molar-refractivity contribution in [3.05, 3.63) is 64.9 Å². The fourth-order valence-electron chi connectivity index (χ4n) is 3.13. The number of anilines is 1. The molecule has 1 aliphatic rings. The molecule has 0 spiro atoms. The van der Waals surface area contributed by atoms with Crippen LogP contribution in [0.1, 0.15) is 37.2 Å². The third-order valence-electron chi connectivity index (χ3n) is 4.31. The summed E-state index contributed by atoms with van der Waals surface area (Å²) >= 11 is 5.82. The standard InChI is InChI=1S/C18H19ClFN/c19-16-7-4-8-17(18(16)20)21-15-11-9-14(10-12-15)13-5-2-1-3-6-13/h1-8,14-15,21H,9-12H2. The third-order valence-corrected chi connectivity index (χ3v) is 4.60. The molecule has 0 unspecified atom stereocenters. The minimum absolute atomic E-state index is 0.179. The van der Waals surface area contributed by atoms with E-state index in [1.54, 1.807) is 18.2 Å². The Morgan fingerprint density at radius 3 is 2.33 bits per heavy atom. The van der Waals surface area contributed by atoms with Gasteiger partial charge in [-0.3, -0.25) is 0 Å². The van der Waals surface area contributed by atoms with Crippen LogP contribution in [-0.4, -0.2) is 6.04 Å². The fraction of sp³-hybridized carbons (Fsp3) is 0.333. The minimum atomic E-state index is -0.343. The van der Waals surface area contributed by atoms with Crippen molar-refractivity contribution in [3.63, 3.8) is 0 Å². The Bertz CT molecular complexity index is 591. The van der Waals surface area contributed by atoms with E-state index in [-0.39, 0.29) is 10.8 Å². The summed E-state index contributed by atoms with van der Waals surface area (Å²) in [6, 6.07) is 16.1. The predicted octanol–water partition coefficient (Wildman–Crippen LogP) is 5.62. The molecule has 1 aliphatic carbocycles. The zero-order chi connectivity index (χ0) is 14.7. The summed E-state index contributed by atoms with van der Waals surface area (Å²) in [5.41, 5.74) is 1.94. The van der Waals surface area contributed by atoms with Gasteiger partial charge in [0.2, 0.25) is 0 Å². The van der Waals surface area contributed by atoms with Crippen molar-refractivity contribution >= 4 is 17.3 Å². The molecule has 3 heteroatoms. The summed E-state index contributed by atoms with van der Waals surface area (Å²) in [7, 11) is 0. The molecule has 0 bridgehead atoms. The van der Waals surface area contributed by atoms with E-state index in [1.165, 1.54) is 5.56 Å². The van der Waals surface area contributed by atoms with Gasteiger partial charge in [-0.05, 0) is 49.3 Å². The number of nitrogens with one attached hydrogen (secondary N) is 1. The second-order valence-corrected chi connectivity index (χ2v) is 6.11. The van der Waals surface area contributed by atoms with Crippen LogP contribution in [0.4, 0.5) is 10.1 Å². The lowest BCUT2D eigenvalue weighted by Crippen LogP contribution is -2.25. The molecule has 1 nitrogen and oxygen atoms in total. The zero-order valence-electron chi connectivity index (χ0n) is 11.9. The molecule has 110 valence electrons. The van der Waals surface area contributed by atoms with E-state index in [9.17, 15) is 4.39 Å². The SMILES string of the molecule is Fc1c(Cl)cccc1NC1CCC(c2ccccc2)CC1. The molecule has 0 heterocycles. The molecule has 0 amide bonds. The first-order valence-corrected chi connectivity index (χ1v) is 7.87. The predicted molar refractivity (Wildman–Crippen MR) is 86.5 cm³/mol. The highest BCUT2D eigenvalue weighted by atomic mass is 35.5. The van der Waals surface area contributed by atoms with Crippen molar-refractivity contribution in [2.75, 3.05) is 5.32 Å². The zero-order valence-corrected chi connectivity index (χ0v) is 12.6. The van der Waals surface area contributed by atoms with Crippen LogP contribution in [0.5, 0.6) is 0 Å². The maximum atomic E-state index is 13.9. The third kappa shape index (κ3) is 3.38. The summed E-state index contributed by atoms with van der Waals surface area (Å²) in [5.74, 6) is 0.290. The number of hydrogen-bond donors (Lipinski definition) is 1. The van der Waals surface area contributed by atoms with E-state index < -0.39 is 0 Å². The van der Waals surface area contributed by atoms with Gasteiger partial charge >= 0.3 is 0 Å². The van der Waals surface area contributed by atoms with Gasteiger partial charge < -0.3 is 5.32 Å². The van der Waals surface area contributed by atoms with Crippen LogP contribution >= 0.6 is 11.6 Å². The Balaban J connectivity index is 1.60. The molecule has 0 aliphatic heterocycles. The van der Waals surface area contributed by atoms with Crippen LogP contribution in [0.3, 0.4) is 0 Å². The Hall–Kier alpha value is -1.54. The molecule has 2 aromatic carbocycles. The van der Waals surface area contributed by atoms with E-state index >= 15 is 0 Å². The van der Waals surface area contributed by atoms with Crippen molar-refractivity contribution in [2.45, 2.75) is 37.6 Å². The first kappa shape index (κ1) is 14.4. The smallest absolute Gasteiger partial charge is 0.164 e. The van der Waals surface area contributed by atoms with Gasteiger partial charge in [0.15, 0.2) is 5.82 Å². The number of rotatable bonds is 3. The minimum Gasteiger partial charge on any atom is -0.380 e. The monoisotopic (exact) mass is 303 g/mol. The molecule has 21 heavy (non-hydrogen) atoms. The maximum Gasteiger partial charge on any atom is 0.164 e. The number of hydrogen-bond acceptors (Lipinski definition) is 1. The van der Waals surface area contributed by atoms with Gasteiger partial charge in [-0.1, -0.05) is 48.0 Å². The average Bonchev–Trinajstić information content (AvgIpc) is 2.53. The summed E-state index contributed by atoms with van der Waals surface area (Å²) in [6.07, 6.45) is 4.41. The van der Waals surface area contributed by atoms with Crippen molar-refractivity contribution < 1.29 is 4.39 Å². The fourth-order valence-corrected chi connectivity index (χ4v) is 3.31. The lowest BCUT2D eigenvalue weighted by molar-refractivity contribution is 0.411. The molecular weight excluding hydrogens is 285 g/mol. The number of benzene rings is 2. The molecule has 1 N–H and O–H groups in total. The molecule has 2 aromatic rings. The maximum absolute atomic E-state index is 13.9. The van der Waals surface area contributed by atoms with E-state index in [4.69, 9.17) is 11.6 Å². The normalized spacial score (nSPS) is 22.0. The van der Waals surface area contributed by atoms with Crippen LogP contribution in [0.25, 0.3) is 0 Å². The number of halogens is 2. The van der Waals surface area contributed by atoms with Crippen molar-refractivity contribution in [1.29, 1.82) is 0 Å². The van der Waals surface area contributed by atoms with Gasteiger partial charge in [0.1, 0.15) is 0 Å². The van der Waals surface area contributed by atoms with Gasteiger partial charge in [0.25, 0.3) is 0 Å². The van der Waals surface area contributed by atoms with Crippen LogP contribution in [-0.2, 0) is 0 Å². The quantitative estimate of drug-likeness (QED) is 0.776. The average molecular weight is 304 g/mol. The highest BCUT2D eigenvalue weighted by molar-refractivity contribution is 6.31. The summed E-state index contributed by atoms with van der Waals surface area (Å²) in [4.78, 5) is 0. The molecule has 0 aromatic heterocycles. The lowest BCUT2D eigenvalue weighted by atomic mass is 9.82. The molecule has 0 radical (unpaired) electrons. The van der Waals surface area contributed by atoms with Crippen molar-refractivity contribution in [2.24, 2.45) is 0 Å². The molecular formula is C18H19ClFN. The summed E-state index contributed by atoms with van der Waals surface area (Å²) in [6.45, 7) is 0. The van der Waals surface area contributed by atoms with Gasteiger partial charge in [0, 0.05) is 6.04 Å². The molecule has 1 fully saturated rings. The molecule has 3 rings (SSSR count). The van der Waals surface area contributed by atoms with Crippen molar-refractivity contribution in [3.8, 4) is 0 Å². The highest BCUT2D eigenvalue weighted by Crippen LogP contribution is 2.34. The highest BCUT2D eigenvalue weighted by Gasteiger charge is 2.22. The van der Waals surface area contributed by atoms with Gasteiger partial charge in [-0.25, -0.2) is 4.39 Å². The second-order valence-electron chi connectivity index (χ2n) is 5.70. The first-order chi connectivity index (χ1) is 10.2. The topological polar surface area (TPSA) is 12.0 Å². The van der Waals surface area contributed by atoms with E-state index in [1.807, 2.05) is 0 Å². The van der Waals surface area contributed by atoms with Crippen LogP contribution in [0.2, 0.25) is 5.02 Å². The first-order valence-electron chi connectivity index (χ1n) is 7.49. The second kappa shape index (κ2) is 6.48. The Labute approximate surface area is 130 Å². The van der Waals surface area contributed by atoms with E-state index in [0.717, 1.165) is 25.7 Å². The van der Waals surface area contributed by atoms with E-state index in [0.29, 0.717) is 17.6 Å². The molecule has 0 atom stereocenters. The van der Waals surface area contributed by atoms with Gasteiger partial charge in [0.05, 0.1) is 10.7 Å². The van der Waals surface area contributed by atoms with E-state index in [2.05, 4.69) is 35.6 Å². The Morgan fingerprint density at radius 2 is 1.62 bits per heavy atom. The Kier molecular flexibility index (Phi) is 4.45. The van der Waals surface area contributed by atoms with Crippen molar-refractivity contribution in [1.82, 2.24) is 0 Å². The largest absolute Gasteiger partial charge is 0.380 e. The van der Waals surface area contributed by atoms with Crippen LogP contribution in [0.15, 0.2) is 48.5 Å².